The van der Waals surface area contributed by atoms with E-state index in [-0.39, 0.29) is 5.84 Å². The number of hydrogen-bond donors (Lipinski definition) is 2. The van der Waals surface area contributed by atoms with Crippen LogP contribution in [0.25, 0.3) is 22.2 Å². The number of amidine groups is 1. The van der Waals surface area contributed by atoms with Crippen LogP contribution in [0.2, 0.25) is 0 Å². The number of rotatable bonds is 3. The number of thiophene rings is 1. The number of nitrogen functional groups attached to an aromatic ring is 1. The smallest absolute Gasteiger partial charge is 0.133 e. The summed E-state index contributed by atoms with van der Waals surface area (Å²) in [5.74, 6) is 0.119. The molecule has 3 N–H and O–H groups in total. The van der Waals surface area contributed by atoms with Crippen molar-refractivity contribution in [1.82, 2.24) is 4.98 Å². The second-order valence-electron chi connectivity index (χ2n) is 4.40. The van der Waals surface area contributed by atoms with Gasteiger partial charge in [0.15, 0.2) is 0 Å². The Morgan fingerprint density at radius 3 is 2.85 bits per heavy atom. The predicted molar refractivity (Wildman–Crippen MR) is 86.0 cm³/mol. The predicted octanol–water partition coefficient (Wildman–Crippen LogP) is 3.75. The van der Waals surface area contributed by atoms with Gasteiger partial charge in [0.05, 0.1) is 4.88 Å². The highest BCUT2D eigenvalue weighted by Gasteiger charge is 2.06. The molecule has 0 aliphatic heterocycles. The number of nitrogens with one attached hydrogen (secondary N) is 1. The van der Waals surface area contributed by atoms with Gasteiger partial charge in [-0.05, 0) is 29.3 Å². The van der Waals surface area contributed by atoms with Gasteiger partial charge >= 0.3 is 0 Å². The molecule has 2 aromatic heterocycles. The summed E-state index contributed by atoms with van der Waals surface area (Å²) in [6, 6.07) is 12.0. The molecular formula is C16H13N3S. The maximum atomic E-state index is 7.54. The van der Waals surface area contributed by atoms with Gasteiger partial charge in [0, 0.05) is 22.5 Å². The third-order valence-electron chi connectivity index (χ3n) is 3.00. The first-order valence-corrected chi connectivity index (χ1v) is 7.01. The van der Waals surface area contributed by atoms with E-state index < -0.39 is 0 Å². The number of nitrogens with two attached hydrogens (primary N) is 1. The minimum atomic E-state index is 0.119. The van der Waals surface area contributed by atoms with Gasteiger partial charge in [-0.1, -0.05) is 30.4 Å². The average Bonchev–Trinajstić information content (AvgIpc) is 2.91. The van der Waals surface area contributed by atoms with Crippen molar-refractivity contribution in [2.45, 2.75) is 0 Å². The summed E-state index contributed by atoms with van der Waals surface area (Å²) in [5.41, 5.74) is 7.74. The molecule has 3 aromatic rings. The summed E-state index contributed by atoms with van der Waals surface area (Å²) in [7, 11) is 0. The largest absolute Gasteiger partial charge is 0.383 e. The number of hydrogen-bond acceptors (Lipinski definition) is 3. The van der Waals surface area contributed by atoms with Gasteiger partial charge in [-0.15, -0.1) is 11.3 Å². The third kappa shape index (κ3) is 2.46. The van der Waals surface area contributed by atoms with Crippen molar-refractivity contribution in [3.63, 3.8) is 0 Å². The van der Waals surface area contributed by atoms with Crippen LogP contribution in [-0.2, 0) is 0 Å². The molecule has 20 heavy (non-hydrogen) atoms. The fourth-order valence-electron chi connectivity index (χ4n) is 2.02. The van der Waals surface area contributed by atoms with Crippen molar-refractivity contribution in [3.8, 4) is 0 Å². The SMILES string of the molecule is N=C(N)c1cc2c(/C=C/c3cccnc3)cccc2s1. The van der Waals surface area contributed by atoms with Crippen molar-refractivity contribution >= 4 is 39.4 Å². The van der Waals surface area contributed by atoms with E-state index in [1.807, 2.05) is 42.6 Å². The zero-order valence-electron chi connectivity index (χ0n) is 10.7. The van der Waals surface area contributed by atoms with Crippen molar-refractivity contribution < 1.29 is 0 Å². The van der Waals surface area contributed by atoms with E-state index >= 15 is 0 Å². The van der Waals surface area contributed by atoms with Crippen LogP contribution >= 0.6 is 11.3 Å². The third-order valence-corrected chi connectivity index (χ3v) is 4.13. The Morgan fingerprint density at radius 2 is 2.10 bits per heavy atom. The molecule has 4 heteroatoms. The highest BCUT2D eigenvalue weighted by molar-refractivity contribution is 7.20. The molecule has 0 amide bonds. The van der Waals surface area contributed by atoms with E-state index in [4.69, 9.17) is 11.1 Å². The molecule has 2 heterocycles. The molecule has 0 saturated carbocycles. The van der Waals surface area contributed by atoms with Crippen molar-refractivity contribution in [2.75, 3.05) is 0 Å². The maximum absolute atomic E-state index is 7.54. The van der Waals surface area contributed by atoms with Crippen LogP contribution in [0.3, 0.4) is 0 Å². The van der Waals surface area contributed by atoms with Crippen LogP contribution in [0, 0.1) is 5.41 Å². The van der Waals surface area contributed by atoms with Crippen LogP contribution in [-0.4, -0.2) is 10.8 Å². The van der Waals surface area contributed by atoms with Gasteiger partial charge in [0.2, 0.25) is 0 Å². The molecule has 0 aliphatic carbocycles. The van der Waals surface area contributed by atoms with E-state index in [1.54, 1.807) is 17.5 Å². The van der Waals surface area contributed by atoms with Gasteiger partial charge in [-0.3, -0.25) is 10.4 Å². The lowest BCUT2D eigenvalue weighted by Gasteiger charge is -1.96. The summed E-state index contributed by atoms with van der Waals surface area (Å²) in [6.45, 7) is 0. The molecule has 3 rings (SSSR count). The first kappa shape index (κ1) is 12.6. The summed E-state index contributed by atoms with van der Waals surface area (Å²) in [6.07, 6.45) is 7.68. The molecule has 0 aliphatic rings. The molecule has 0 fully saturated rings. The van der Waals surface area contributed by atoms with E-state index in [9.17, 15) is 0 Å². The first-order chi connectivity index (χ1) is 9.74. The van der Waals surface area contributed by atoms with Crippen LogP contribution in [0.4, 0.5) is 0 Å². The van der Waals surface area contributed by atoms with Gasteiger partial charge in [0.1, 0.15) is 5.84 Å². The molecule has 98 valence electrons. The van der Waals surface area contributed by atoms with Crippen LogP contribution in [0.5, 0.6) is 0 Å². The van der Waals surface area contributed by atoms with Gasteiger partial charge in [-0.25, -0.2) is 0 Å². The first-order valence-electron chi connectivity index (χ1n) is 6.19. The van der Waals surface area contributed by atoms with Crippen LogP contribution in [0.1, 0.15) is 16.0 Å². The summed E-state index contributed by atoms with van der Waals surface area (Å²) in [5, 5.41) is 8.66. The molecule has 0 saturated heterocycles. The quantitative estimate of drug-likeness (QED) is 0.566. The van der Waals surface area contributed by atoms with E-state index in [0.29, 0.717) is 0 Å². The van der Waals surface area contributed by atoms with Crippen molar-refractivity contribution in [1.29, 1.82) is 5.41 Å². The Kier molecular flexibility index (Phi) is 3.31. The zero-order valence-corrected chi connectivity index (χ0v) is 11.5. The number of pyridine rings is 1. The number of benzene rings is 1. The molecule has 0 unspecified atom stereocenters. The Hall–Kier alpha value is -2.46. The van der Waals surface area contributed by atoms with Gasteiger partial charge in [-0.2, -0.15) is 0 Å². The summed E-state index contributed by atoms with van der Waals surface area (Å²) in [4.78, 5) is 4.90. The summed E-state index contributed by atoms with van der Waals surface area (Å²) < 4.78 is 1.14. The average molecular weight is 279 g/mol. The van der Waals surface area contributed by atoms with Crippen molar-refractivity contribution in [2.24, 2.45) is 5.73 Å². The Morgan fingerprint density at radius 1 is 1.20 bits per heavy atom. The summed E-state index contributed by atoms with van der Waals surface area (Å²) >= 11 is 1.55. The van der Waals surface area contributed by atoms with Crippen LogP contribution < -0.4 is 5.73 Å². The minimum absolute atomic E-state index is 0.119. The topological polar surface area (TPSA) is 62.8 Å². The molecule has 3 nitrogen and oxygen atoms in total. The Labute approximate surface area is 120 Å². The molecule has 0 atom stereocenters. The Balaban J connectivity index is 2.03. The van der Waals surface area contributed by atoms with Crippen molar-refractivity contribution in [3.05, 3.63) is 64.8 Å². The van der Waals surface area contributed by atoms with E-state index in [2.05, 4.69) is 17.1 Å². The van der Waals surface area contributed by atoms with Crippen LogP contribution in [0.15, 0.2) is 48.8 Å². The van der Waals surface area contributed by atoms with E-state index in [1.165, 1.54) is 0 Å². The van der Waals surface area contributed by atoms with E-state index in [0.717, 1.165) is 26.1 Å². The Bertz CT molecular complexity index is 788. The molecule has 0 spiro atoms. The standard InChI is InChI=1S/C16H13N3S/c17-16(18)15-9-13-12(4-1-5-14(13)20-15)7-6-11-3-2-8-19-10-11/h1-10H,(H3,17,18)/b7-6+. The lowest BCUT2D eigenvalue weighted by molar-refractivity contribution is 1.32. The van der Waals surface area contributed by atoms with Gasteiger partial charge in [0.25, 0.3) is 0 Å². The second kappa shape index (κ2) is 5.27. The highest BCUT2D eigenvalue weighted by Crippen LogP contribution is 2.29. The number of aromatic nitrogens is 1. The molecule has 0 radical (unpaired) electrons. The second-order valence-corrected chi connectivity index (χ2v) is 5.49. The normalized spacial score (nSPS) is 11.2. The fraction of sp³-hybridized carbons (Fsp3) is 0. The number of nitrogens with zero attached hydrogens (tertiary/aromatic N) is 1. The highest BCUT2D eigenvalue weighted by atomic mass is 32.1. The maximum Gasteiger partial charge on any atom is 0.133 e. The van der Waals surface area contributed by atoms with Gasteiger partial charge < -0.3 is 5.73 Å². The molecule has 1 aromatic carbocycles. The minimum Gasteiger partial charge on any atom is -0.383 e. The molecule has 0 bridgehead atoms. The lowest BCUT2D eigenvalue weighted by atomic mass is 10.1. The lowest BCUT2D eigenvalue weighted by Crippen LogP contribution is -2.08. The molecular weight excluding hydrogens is 266 g/mol. The fourth-order valence-corrected chi connectivity index (χ4v) is 2.98. The monoisotopic (exact) mass is 279 g/mol. The zero-order chi connectivity index (χ0) is 13.9. The number of fused-ring (bicyclic) bond motifs is 1.